The van der Waals surface area contributed by atoms with Crippen LogP contribution in [0.3, 0.4) is 0 Å². The lowest BCUT2D eigenvalue weighted by molar-refractivity contribution is 0.316. The molecular formula is C11H16FN3O2. The second-order valence-electron chi connectivity index (χ2n) is 3.48. The molecule has 0 aliphatic carbocycles. The van der Waals surface area contributed by atoms with Crippen LogP contribution in [0.4, 0.5) is 10.1 Å². The normalized spacial score (nSPS) is 13.2. The van der Waals surface area contributed by atoms with E-state index in [1.54, 1.807) is 0 Å². The fourth-order valence-corrected chi connectivity index (χ4v) is 1.38. The molecule has 6 heteroatoms. The molecule has 17 heavy (non-hydrogen) atoms. The van der Waals surface area contributed by atoms with Crippen LogP contribution in [-0.4, -0.2) is 24.2 Å². The molecule has 1 aromatic carbocycles. The molecule has 5 nitrogen and oxygen atoms in total. The number of rotatable bonds is 5. The molecule has 94 valence electrons. The molecule has 4 N–H and O–H groups in total. The monoisotopic (exact) mass is 241 g/mol. The maximum atomic E-state index is 13.5. The third-order valence-corrected chi connectivity index (χ3v) is 2.38. The van der Waals surface area contributed by atoms with Crippen molar-refractivity contribution >= 4 is 11.5 Å². The summed E-state index contributed by atoms with van der Waals surface area (Å²) in [5.74, 6) is 0.118. The number of methoxy groups -OCH3 is 1. The van der Waals surface area contributed by atoms with Crippen LogP contribution in [0.5, 0.6) is 5.75 Å². The Labute approximate surface area is 99.1 Å². The van der Waals surface area contributed by atoms with Gasteiger partial charge in [0.2, 0.25) is 0 Å². The summed E-state index contributed by atoms with van der Waals surface area (Å²) in [6, 6.07) is 3.90. The zero-order valence-electron chi connectivity index (χ0n) is 9.77. The molecular weight excluding hydrogens is 225 g/mol. The van der Waals surface area contributed by atoms with E-state index in [2.05, 4.69) is 10.5 Å². The van der Waals surface area contributed by atoms with Gasteiger partial charge in [0.25, 0.3) is 0 Å². The van der Waals surface area contributed by atoms with Crippen LogP contribution < -0.4 is 15.8 Å². The van der Waals surface area contributed by atoms with Crippen molar-refractivity contribution in [2.24, 2.45) is 10.9 Å². The number of nitrogens with zero attached hydrogens (tertiary/aromatic N) is 1. The summed E-state index contributed by atoms with van der Waals surface area (Å²) in [6.07, 6.45) is 0.562. The summed E-state index contributed by atoms with van der Waals surface area (Å²) < 4.78 is 18.5. The van der Waals surface area contributed by atoms with E-state index in [0.717, 1.165) is 0 Å². The van der Waals surface area contributed by atoms with E-state index in [1.165, 1.54) is 25.3 Å². The van der Waals surface area contributed by atoms with Crippen molar-refractivity contribution in [1.82, 2.24) is 0 Å². The number of benzene rings is 1. The standard InChI is InChI=1S/C11H16FN3O2/c1-3-9(11(13)15-16)14-10-6-7(17-2)4-5-8(10)12/h4-6,9,14,16H,3H2,1-2H3,(H2,13,15). The van der Waals surface area contributed by atoms with Gasteiger partial charge in [-0.05, 0) is 18.6 Å². The minimum Gasteiger partial charge on any atom is -0.497 e. The summed E-state index contributed by atoms with van der Waals surface area (Å²) in [6.45, 7) is 1.84. The predicted molar refractivity (Wildman–Crippen MR) is 64.1 cm³/mol. The Morgan fingerprint density at radius 3 is 2.88 bits per heavy atom. The highest BCUT2D eigenvalue weighted by Gasteiger charge is 2.14. The third kappa shape index (κ3) is 3.24. The van der Waals surface area contributed by atoms with Crippen LogP contribution in [-0.2, 0) is 0 Å². The highest BCUT2D eigenvalue weighted by Crippen LogP contribution is 2.22. The zero-order chi connectivity index (χ0) is 12.8. The molecule has 0 aliphatic rings. The summed E-state index contributed by atoms with van der Waals surface area (Å²) in [5, 5.41) is 14.3. The average Bonchev–Trinajstić information content (AvgIpc) is 2.36. The second-order valence-corrected chi connectivity index (χ2v) is 3.48. The van der Waals surface area contributed by atoms with Gasteiger partial charge in [-0.1, -0.05) is 12.1 Å². The largest absolute Gasteiger partial charge is 0.497 e. The minimum atomic E-state index is -0.429. The first-order valence-electron chi connectivity index (χ1n) is 5.19. The number of ether oxygens (including phenoxy) is 1. The molecule has 1 atom stereocenters. The van der Waals surface area contributed by atoms with Crippen LogP contribution >= 0.6 is 0 Å². The lowest BCUT2D eigenvalue weighted by atomic mass is 10.2. The molecule has 1 aromatic rings. The van der Waals surface area contributed by atoms with E-state index in [0.29, 0.717) is 12.2 Å². The highest BCUT2D eigenvalue weighted by atomic mass is 19.1. The predicted octanol–water partition coefficient (Wildman–Crippen LogP) is 1.77. The molecule has 0 aliphatic heterocycles. The van der Waals surface area contributed by atoms with Gasteiger partial charge in [0.05, 0.1) is 18.8 Å². The van der Waals surface area contributed by atoms with Crippen molar-refractivity contribution in [1.29, 1.82) is 0 Å². The number of nitrogens with one attached hydrogen (secondary N) is 1. The number of halogens is 1. The van der Waals surface area contributed by atoms with Gasteiger partial charge in [0, 0.05) is 6.07 Å². The number of amidine groups is 1. The van der Waals surface area contributed by atoms with Crippen molar-refractivity contribution in [2.45, 2.75) is 19.4 Å². The van der Waals surface area contributed by atoms with Gasteiger partial charge >= 0.3 is 0 Å². The molecule has 0 amide bonds. The van der Waals surface area contributed by atoms with Gasteiger partial charge in [-0.3, -0.25) is 0 Å². The van der Waals surface area contributed by atoms with Crippen LogP contribution in [0.15, 0.2) is 23.4 Å². The SMILES string of the molecule is CCC(Nc1cc(OC)ccc1F)C(N)=NO. The first kappa shape index (κ1) is 13.1. The quantitative estimate of drug-likeness (QED) is 0.317. The number of hydrogen-bond acceptors (Lipinski definition) is 4. The Morgan fingerprint density at radius 1 is 1.65 bits per heavy atom. The van der Waals surface area contributed by atoms with E-state index >= 15 is 0 Å². The molecule has 0 radical (unpaired) electrons. The van der Waals surface area contributed by atoms with E-state index in [4.69, 9.17) is 15.7 Å². The third-order valence-electron chi connectivity index (χ3n) is 2.38. The molecule has 0 saturated carbocycles. The Balaban J connectivity index is 2.92. The molecule has 0 fully saturated rings. The van der Waals surface area contributed by atoms with Gasteiger partial charge in [-0.15, -0.1) is 0 Å². The molecule has 1 unspecified atom stereocenters. The van der Waals surface area contributed by atoms with Gasteiger partial charge in [0.1, 0.15) is 11.6 Å². The highest BCUT2D eigenvalue weighted by molar-refractivity contribution is 5.87. The Morgan fingerprint density at radius 2 is 2.35 bits per heavy atom. The topological polar surface area (TPSA) is 79.9 Å². The smallest absolute Gasteiger partial charge is 0.161 e. The second kappa shape index (κ2) is 5.93. The first-order chi connectivity index (χ1) is 8.12. The van der Waals surface area contributed by atoms with Gasteiger partial charge in [-0.2, -0.15) is 0 Å². The Bertz CT molecular complexity index is 410. The van der Waals surface area contributed by atoms with Crippen LogP contribution in [0.2, 0.25) is 0 Å². The summed E-state index contributed by atoms with van der Waals surface area (Å²) >= 11 is 0. The van der Waals surface area contributed by atoms with Gasteiger partial charge < -0.3 is 21.0 Å². The van der Waals surface area contributed by atoms with E-state index in [9.17, 15) is 4.39 Å². The van der Waals surface area contributed by atoms with Crippen LogP contribution in [0.1, 0.15) is 13.3 Å². The maximum Gasteiger partial charge on any atom is 0.161 e. The van der Waals surface area contributed by atoms with Crippen LogP contribution in [0, 0.1) is 5.82 Å². The minimum absolute atomic E-state index is 0.00900. The number of oxime groups is 1. The fourth-order valence-electron chi connectivity index (χ4n) is 1.38. The number of hydrogen-bond donors (Lipinski definition) is 3. The first-order valence-corrected chi connectivity index (χ1v) is 5.19. The summed E-state index contributed by atoms with van der Waals surface area (Å²) in [7, 11) is 1.50. The molecule has 0 bridgehead atoms. The van der Waals surface area contributed by atoms with Gasteiger partial charge in [0.15, 0.2) is 5.84 Å². The fraction of sp³-hybridized carbons (Fsp3) is 0.364. The zero-order valence-corrected chi connectivity index (χ0v) is 9.77. The van der Waals surface area contributed by atoms with E-state index < -0.39 is 11.9 Å². The molecule has 0 spiro atoms. The van der Waals surface area contributed by atoms with Crippen LogP contribution in [0.25, 0.3) is 0 Å². The van der Waals surface area contributed by atoms with Crippen molar-refractivity contribution in [3.63, 3.8) is 0 Å². The van der Waals surface area contributed by atoms with Crippen molar-refractivity contribution < 1.29 is 14.3 Å². The molecule has 0 saturated heterocycles. The number of anilines is 1. The van der Waals surface area contributed by atoms with Gasteiger partial charge in [-0.25, -0.2) is 4.39 Å². The summed E-state index contributed by atoms with van der Waals surface area (Å²) in [4.78, 5) is 0. The van der Waals surface area contributed by atoms with Crippen molar-refractivity contribution in [2.75, 3.05) is 12.4 Å². The number of nitrogens with two attached hydrogens (primary N) is 1. The Kier molecular flexibility index (Phi) is 4.56. The van der Waals surface area contributed by atoms with Crippen molar-refractivity contribution in [3.05, 3.63) is 24.0 Å². The Hall–Kier alpha value is -1.98. The molecule has 1 rings (SSSR count). The summed E-state index contributed by atoms with van der Waals surface area (Å²) in [5.41, 5.74) is 5.73. The lowest BCUT2D eigenvalue weighted by Crippen LogP contribution is -2.35. The lowest BCUT2D eigenvalue weighted by Gasteiger charge is -2.17. The maximum absolute atomic E-state index is 13.5. The average molecular weight is 241 g/mol. The molecule has 0 aromatic heterocycles. The van der Waals surface area contributed by atoms with E-state index in [1.807, 2.05) is 6.92 Å². The van der Waals surface area contributed by atoms with E-state index in [-0.39, 0.29) is 11.5 Å². The molecule has 0 heterocycles. The van der Waals surface area contributed by atoms with Crippen molar-refractivity contribution in [3.8, 4) is 5.75 Å².